The maximum atomic E-state index is 5.33. The van der Waals surface area contributed by atoms with Crippen molar-refractivity contribution in [3.63, 3.8) is 0 Å². The molecular weight excluding hydrogens is 150 g/mol. The lowest BCUT2D eigenvalue weighted by Crippen LogP contribution is -2.26. The van der Waals surface area contributed by atoms with Crippen molar-refractivity contribution in [3.8, 4) is 12.3 Å². The van der Waals surface area contributed by atoms with Crippen LogP contribution in [0.2, 0.25) is 0 Å². The van der Waals surface area contributed by atoms with E-state index in [2.05, 4.69) is 25.1 Å². The molecule has 0 atom stereocenters. The Labute approximate surface area is 75.7 Å². The van der Waals surface area contributed by atoms with E-state index in [0.29, 0.717) is 6.04 Å². The normalized spacial score (nSPS) is 10.2. The number of terminal acetylenes is 1. The van der Waals surface area contributed by atoms with E-state index in [9.17, 15) is 0 Å². The van der Waals surface area contributed by atoms with Crippen molar-refractivity contribution in [2.45, 2.75) is 32.7 Å². The summed E-state index contributed by atoms with van der Waals surface area (Å²) in [7, 11) is 0. The zero-order valence-electron chi connectivity index (χ0n) is 8.10. The SMILES string of the molecule is C#CCCCOCCNC(C)C. The Hall–Kier alpha value is -0.520. The van der Waals surface area contributed by atoms with Crippen LogP contribution in [0.4, 0.5) is 0 Å². The lowest BCUT2D eigenvalue weighted by molar-refractivity contribution is 0.133. The van der Waals surface area contributed by atoms with Gasteiger partial charge >= 0.3 is 0 Å². The van der Waals surface area contributed by atoms with Crippen LogP contribution >= 0.6 is 0 Å². The van der Waals surface area contributed by atoms with Crippen LogP contribution in [0, 0.1) is 12.3 Å². The molecule has 0 radical (unpaired) electrons. The van der Waals surface area contributed by atoms with Crippen LogP contribution in [-0.2, 0) is 4.74 Å². The van der Waals surface area contributed by atoms with E-state index >= 15 is 0 Å². The summed E-state index contributed by atoms with van der Waals surface area (Å²) in [6, 6.07) is 0.541. The molecule has 0 fully saturated rings. The van der Waals surface area contributed by atoms with Gasteiger partial charge in [0.2, 0.25) is 0 Å². The van der Waals surface area contributed by atoms with Gasteiger partial charge in [0.15, 0.2) is 0 Å². The van der Waals surface area contributed by atoms with E-state index < -0.39 is 0 Å². The van der Waals surface area contributed by atoms with E-state index in [1.54, 1.807) is 0 Å². The fraction of sp³-hybridized carbons (Fsp3) is 0.800. The lowest BCUT2D eigenvalue weighted by Gasteiger charge is -2.07. The van der Waals surface area contributed by atoms with Crippen molar-refractivity contribution < 1.29 is 4.74 Å². The van der Waals surface area contributed by atoms with E-state index in [0.717, 1.165) is 32.6 Å². The quantitative estimate of drug-likeness (QED) is 0.459. The van der Waals surface area contributed by atoms with E-state index in [-0.39, 0.29) is 0 Å². The minimum absolute atomic E-state index is 0.541. The highest BCUT2D eigenvalue weighted by atomic mass is 16.5. The van der Waals surface area contributed by atoms with Gasteiger partial charge in [0.25, 0.3) is 0 Å². The molecule has 0 amide bonds. The summed E-state index contributed by atoms with van der Waals surface area (Å²) in [6.07, 6.45) is 6.88. The van der Waals surface area contributed by atoms with Crippen LogP contribution in [-0.4, -0.2) is 25.8 Å². The first-order valence-corrected chi connectivity index (χ1v) is 4.52. The van der Waals surface area contributed by atoms with Gasteiger partial charge in [-0.3, -0.25) is 0 Å². The van der Waals surface area contributed by atoms with E-state index in [1.165, 1.54) is 0 Å². The Morgan fingerprint density at radius 1 is 1.42 bits per heavy atom. The third kappa shape index (κ3) is 9.48. The van der Waals surface area contributed by atoms with Crippen molar-refractivity contribution in [3.05, 3.63) is 0 Å². The molecule has 2 heteroatoms. The monoisotopic (exact) mass is 169 g/mol. The van der Waals surface area contributed by atoms with Crippen molar-refractivity contribution in [1.82, 2.24) is 5.32 Å². The summed E-state index contributed by atoms with van der Waals surface area (Å²) >= 11 is 0. The third-order valence-electron chi connectivity index (χ3n) is 1.41. The molecule has 0 aromatic carbocycles. The second-order valence-corrected chi connectivity index (χ2v) is 3.03. The van der Waals surface area contributed by atoms with Gasteiger partial charge in [-0.1, -0.05) is 13.8 Å². The first-order chi connectivity index (χ1) is 5.77. The van der Waals surface area contributed by atoms with Crippen LogP contribution in [0.1, 0.15) is 26.7 Å². The van der Waals surface area contributed by atoms with Gasteiger partial charge in [-0.2, -0.15) is 0 Å². The van der Waals surface area contributed by atoms with Crippen LogP contribution in [0.5, 0.6) is 0 Å². The molecule has 70 valence electrons. The van der Waals surface area contributed by atoms with Gasteiger partial charge in [0.05, 0.1) is 6.61 Å². The smallest absolute Gasteiger partial charge is 0.0591 e. The maximum absolute atomic E-state index is 5.33. The first kappa shape index (κ1) is 11.5. The molecule has 0 saturated heterocycles. The number of rotatable bonds is 7. The summed E-state index contributed by atoms with van der Waals surface area (Å²) in [4.78, 5) is 0. The highest BCUT2D eigenvalue weighted by molar-refractivity contribution is 4.82. The molecule has 0 bridgehead atoms. The van der Waals surface area contributed by atoms with Crippen molar-refractivity contribution in [1.29, 1.82) is 0 Å². The molecule has 0 spiro atoms. The second kappa shape index (κ2) is 8.58. The Morgan fingerprint density at radius 2 is 2.17 bits per heavy atom. The number of hydrogen-bond donors (Lipinski definition) is 1. The Morgan fingerprint density at radius 3 is 2.75 bits per heavy atom. The van der Waals surface area contributed by atoms with Crippen LogP contribution in [0.3, 0.4) is 0 Å². The molecule has 0 aliphatic rings. The fourth-order valence-electron chi connectivity index (χ4n) is 0.798. The third-order valence-corrected chi connectivity index (χ3v) is 1.41. The standard InChI is InChI=1S/C10H19NO/c1-4-5-6-8-12-9-7-11-10(2)3/h1,10-11H,5-9H2,2-3H3. The molecule has 0 saturated carbocycles. The summed E-state index contributed by atoms with van der Waals surface area (Å²) in [5, 5.41) is 3.27. The molecule has 0 aliphatic heterocycles. The van der Waals surface area contributed by atoms with Gasteiger partial charge in [-0.25, -0.2) is 0 Å². The molecule has 1 N–H and O–H groups in total. The summed E-state index contributed by atoms with van der Waals surface area (Å²) in [5.74, 6) is 2.58. The van der Waals surface area contributed by atoms with Crippen LogP contribution < -0.4 is 5.32 Å². The summed E-state index contributed by atoms with van der Waals surface area (Å²) in [6.45, 7) is 6.73. The number of nitrogens with one attached hydrogen (secondary N) is 1. The van der Waals surface area contributed by atoms with E-state index in [4.69, 9.17) is 11.2 Å². The average Bonchev–Trinajstić information content (AvgIpc) is 2.02. The molecule has 0 heterocycles. The fourth-order valence-corrected chi connectivity index (χ4v) is 0.798. The molecule has 2 nitrogen and oxygen atoms in total. The van der Waals surface area contributed by atoms with Gasteiger partial charge < -0.3 is 10.1 Å². The topological polar surface area (TPSA) is 21.3 Å². The highest BCUT2D eigenvalue weighted by Crippen LogP contribution is 1.87. The minimum Gasteiger partial charge on any atom is -0.380 e. The lowest BCUT2D eigenvalue weighted by atomic mass is 10.3. The van der Waals surface area contributed by atoms with Gasteiger partial charge in [0, 0.05) is 25.6 Å². The van der Waals surface area contributed by atoms with Gasteiger partial charge in [-0.05, 0) is 6.42 Å². The molecule has 0 aliphatic carbocycles. The molecule has 0 aromatic rings. The predicted molar refractivity (Wildman–Crippen MR) is 52.0 cm³/mol. The average molecular weight is 169 g/mol. The summed E-state index contributed by atoms with van der Waals surface area (Å²) < 4.78 is 5.33. The molecule has 12 heavy (non-hydrogen) atoms. The Bertz CT molecular complexity index is 126. The van der Waals surface area contributed by atoms with Crippen LogP contribution in [0.15, 0.2) is 0 Å². The number of hydrogen-bond acceptors (Lipinski definition) is 2. The van der Waals surface area contributed by atoms with Gasteiger partial charge in [-0.15, -0.1) is 12.3 Å². The molecule has 0 rings (SSSR count). The Balaban J connectivity index is 2.87. The highest BCUT2D eigenvalue weighted by Gasteiger charge is 1.91. The van der Waals surface area contributed by atoms with Crippen LogP contribution in [0.25, 0.3) is 0 Å². The Kier molecular flexibility index (Phi) is 8.20. The summed E-state index contributed by atoms with van der Waals surface area (Å²) in [5.41, 5.74) is 0. The minimum atomic E-state index is 0.541. The van der Waals surface area contributed by atoms with E-state index in [1.807, 2.05) is 0 Å². The largest absolute Gasteiger partial charge is 0.380 e. The molecule has 0 aromatic heterocycles. The number of unbranched alkanes of at least 4 members (excludes halogenated alkanes) is 1. The zero-order chi connectivity index (χ0) is 9.23. The molecular formula is C10H19NO. The van der Waals surface area contributed by atoms with Crippen molar-refractivity contribution >= 4 is 0 Å². The molecule has 0 unspecified atom stereocenters. The predicted octanol–water partition coefficient (Wildman–Crippen LogP) is 1.41. The zero-order valence-corrected chi connectivity index (χ0v) is 8.10. The number of ether oxygens (including phenoxy) is 1. The van der Waals surface area contributed by atoms with Gasteiger partial charge in [0.1, 0.15) is 0 Å². The first-order valence-electron chi connectivity index (χ1n) is 4.52. The maximum Gasteiger partial charge on any atom is 0.0591 e. The van der Waals surface area contributed by atoms with Crippen molar-refractivity contribution in [2.75, 3.05) is 19.8 Å². The second-order valence-electron chi connectivity index (χ2n) is 3.03. The van der Waals surface area contributed by atoms with Crippen molar-refractivity contribution in [2.24, 2.45) is 0 Å².